The number of aromatic nitrogens is 1. The zero-order valence-corrected chi connectivity index (χ0v) is 8.84. The van der Waals surface area contributed by atoms with E-state index in [0.717, 1.165) is 6.20 Å². The highest BCUT2D eigenvalue weighted by Gasteiger charge is 2.20. The van der Waals surface area contributed by atoms with Crippen molar-refractivity contribution in [3.63, 3.8) is 0 Å². The Kier molecular flexibility index (Phi) is 4.14. The van der Waals surface area contributed by atoms with E-state index in [1.54, 1.807) is 0 Å². The summed E-state index contributed by atoms with van der Waals surface area (Å²) in [5, 5.41) is 8.60. The van der Waals surface area contributed by atoms with Gasteiger partial charge in [0.15, 0.2) is 0 Å². The van der Waals surface area contributed by atoms with Crippen molar-refractivity contribution in [2.45, 2.75) is 19.4 Å². The molecule has 0 unspecified atom stereocenters. The van der Waals surface area contributed by atoms with Crippen LogP contribution in [0.3, 0.4) is 0 Å². The van der Waals surface area contributed by atoms with E-state index in [1.165, 1.54) is 0 Å². The van der Waals surface area contributed by atoms with Crippen LogP contribution in [0.2, 0.25) is 5.15 Å². The molecule has 1 aromatic heterocycles. The molecule has 0 aromatic carbocycles. The maximum Gasteiger partial charge on any atom is 0.307 e. The molecule has 0 atom stereocenters. The van der Waals surface area contributed by atoms with Crippen molar-refractivity contribution in [3.05, 3.63) is 28.0 Å². The highest BCUT2D eigenvalue weighted by atomic mass is 35.5. The number of nitrogens with zero attached hydrogens (tertiary/aromatic N) is 1. The zero-order valence-electron chi connectivity index (χ0n) is 8.08. The first-order chi connectivity index (χ1) is 7.47. The molecule has 3 N–H and O–H groups in total. The lowest BCUT2D eigenvalue weighted by Gasteiger charge is -2.12. The maximum absolute atomic E-state index is 12.6. The Balaban J connectivity index is 3.34. The molecule has 0 saturated carbocycles. The summed E-state index contributed by atoms with van der Waals surface area (Å²) < 4.78 is 25.2. The molecular formula is C9H9ClF2N2O2. The van der Waals surface area contributed by atoms with Gasteiger partial charge in [0.05, 0.1) is 6.42 Å². The normalized spacial score (nSPS) is 10.8. The van der Waals surface area contributed by atoms with E-state index in [9.17, 15) is 13.6 Å². The van der Waals surface area contributed by atoms with Crippen LogP contribution in [0, 0.1) is 0 Å². The maximum atomic E-state index is 12.6. The summed E-state index contributed by atoms with van der Waals surface area (Å²) >= 11 is 5.66. The molecule has 88 valence electrons. The lowest BCUT2D eigenvalue weighted by molar-refractivity contribution is -0.136. The van der Waals surface area contributed by atoms with E-state index < -0.39 is 24.4 Å². The van der Waals surface area contributed by atoms with Gasteiger partial charge in [0.2, 0.25) is 0 Å². The average Bonchev–Trinajstić information content (AvgIpc) is 2.16. The van der Waals surface area contributed by atoms with Crippen LogP contribution < -0.4 is 5.73 Å². The van der Waals surface area contributed by atoms with Gasteiger partial charge in [-0.3, -0.25) is 4.79 Å². The fourth-order valence-electron chi connectivity index (χ4n) is 1.34. The topological polar surface area (TPSA) is 76.2 Å². The minimum Gasteiger partial charge on any atom is -0.481 e. The monoisotopic (exact) mass is 250 g/mol. The summed E-state index contributed by atoms with van der Waals surface area (Å²) in [6.07, 6.45) is -2.47. The van der Waals surface area contributed by atoms with Crippen molar-refractivity contribution in [1.82, 2.24) is 4.98 Å². The molecule has 1 heterocycles. The van der Waals surface area contributed by atoms with Crippen LogP contribution >= 0.6 is 11.6 Å². The number of pyridine rings is 1. The van der Waals surface area contributed by atoms with Crippen molar-refractivity contribution in [1.29, 1.82) is 0 Å². The van der Waals surface area contributed by atoms with Gasteiger partial charge in [-0.25, -0.2) is 13.8 Å². The Labute approximate surface area is 95.0 Å². The molecule has 0 aliphatic carbocycles. The Morgan fingerprint density at radius 3 is 2.62 bits per heavy atom. The summed E-state index contributed by atoms with van der Waals surface area (Å²) in [4.78, 5) is 14.1. The van der Waals surface area contributed by atoms with E-state index in [1.807, 2.05) is 0 Å². The molecule has 0 saturated heterocycles. The van der Waals surface area contributed by atoms with E-state index in [4.69, 9.17) is 22.4 Å². The summed E-state index contributed by atoms with van der Waals surface area (Å²) in [7, 11) is 0. The van der Waals surface area contributed by atoms with Crippen molar-refractivity contribution in [2.24, 2.45) is 5.73 Å². The predicted molar refractivity (Wildman–Crippen MR) is 53.4 cm³/mol. The third-order valence-electron chi connectivity index (χ3n) is 2.05. The molecule has 0 radical (unpaired) electrons. The van der Waals surface area contributed by atoms with Gasteiger partial charge >= 0.3 is 5.97 Å². The molecule has 0 bridgehead atoms. The van der Waals surface area contributed by atoms with Crippen molar-refractivity contribution in [2.75, 3.05) is 0 Å². The molecular weight excluding hydrogens is 242 g/mol. The number of hydrogen-bond donors (Lipinski definition) is 2. The molecule has 0 spiro atoms. The molecule has 0 aliphatic rings. The average molecular weight is 251 g/mol. The summed E-state index contributed by atoms with van der Waals surface area (Å²) in [5.74, 6) is -1.22. The first-order valence-corrected chi connectivity index (χ1v) is 4.71. The third-order valence-corrected chi connectivity index (χ3v) is 2.37. The Hall–Kier alpha value is -1.27. The van der Waals surface area contributed by atoms with E-state index in [2.05, 4.69) is 4.98 Å². The fourth-order valence-corrected chi connectivity index (χ4v) is 1.58. The smallest absolute Gasteiger partial charge is 0.307 e. The van der Waals surface area contributed by atoms with Gasteiger partial charge in [-0.2, -0.15) is 0 Å². The lowest BCUT2D eigenvalue weighted by Crippen LogP contribution is -2.12. The Morgan fingerprint density at radius 1 is 1.56 bits per heavy atom. The summed E-state index contributed by atoms with van der Waals surface area (Å²) in [6.45, 7) is -0.130. The third kappa shape index (κ3) is 2.65. The number of aliphatic carboxylic acids is 1. The van der Waals surface area contributed by atoms with E-state index >= 15 is 0 Å². The standard InChI is InChI=1S/C9H9ClF2N2O2/c10-8-5(2-13)4(1-7(15)16)6(3-14-8)9(11)12/h3,9H,1-2,13H2,(H,15,16). The number of rotatable bonds is 4. The molecule has 0 amide bonds. The highest BCUT2D eigenvalue weighted by molar-refractivity contribution is 6.30. The Morgan fingerprint density at radius 2 is 2.19 bits per heavy atom. The second-order valence-corrected chi connectivity index (χ2v) is 3.39. The highest BCUT2D eigenvalue weighted by Crippen LogP contribution is 2.28. The van der Waals surface area contributed by atoms with E-state index in [-0.39, 0.29) is 22.8 Å². The summed E-state index contributed by atoms with van der Waals surface area (Å²) in [5.41, 5.74) is 5.00. The number of nitrogens with two attached hydrogens (primary N) is 1. The molecule has 4 nitrogen and oxygen atoms in total. The SMILES string of the molecule is NCc1c(Cl)ncc(C(F)F)c1CC(=O)O. The minimum absolute atomic E-state index is 0.0387. The van der Waals surface area contributed by atoms with Gasteiger partial charge in [-0.05, 0) is 5.56 Å². The lowest BCUT2D eigenvalue weighted by atomic mass is 10.0. The van der Waals surface area contributed by atoms with Crippen molar-refractivity contribution < 1.29 is 18.7 Å². The molecule has 1 aromatic rings. The molecule has 16 heavy (non-hydrogen) atoms. The number of carbonyl (C=O) groups is 1. The van der Waals surface area contributed by atoms with Gasteiger partial charge in [-0.1, -0.05) is 11.6 Å². The van der Waals surface area contributed by atoms with Crippen LogP contribution in [0.15, 0.2) is 6.20 Å². The quantitative estimate of drug-likeness (QED) is 0.799. The van der Waals surface area contributed by atoms with Crippen LogP contribution in [0.1, 0.15) is 23.1 Å². The first kappa shape index (κ1) is 12.8. The number of hydrogen-bond acceptors (Lipinski definition) is 3. The molecule has 0 aliphatic heterocycles. The van der Waals surface area contributed by atoms with Crippen LogP contribution in [-0.2, 0) is 17.8 Å². The number of alkyl halides is 2. The van der Waals surface area contributed by atoms with Gasteiger partial charge in [0, 0.05) is 23.9 Å². The number of halogens is 3. The van der Waals surface area contributed by atoms with Crippen LogP contribution in [0.4, 0.5) is 8.78 Å². The second-order valence-electron chi connectivity index (χ2n) is 3.04. The summed E-state index contributed by atoms with van der Waals surface area (Å²) in [6, 6.07) is 0. The van der Waals surface area contributed by atoms with Crippen LogP contribution in [0.25, 0.3) is 0 Å². The van der Waals surface area contributed by atoms with Crippen molar-refractivity contribution in [3.8, 4) is 0 Å². The van der Waals surface area contributed by atoms with Crippen LogP contribution in [0.5, 0.6) is 0 Å². The van der Waals surface area contributed by atoms with E-state index in [0.29, 0.717) is 0 Å². The van der Waals surface area contributed by atoms with Gasteiger partial charge in [0.1, 0.15) is 5.15 Å². The van der Waals surface area contributed by atoms with Gasteiger partial charge < -0.3 is 10.8 Å². The predicted octanol–water partition coefficient (Wildman–Crippen LogP) is 1.76. The number of carboxylic acids is 1. The molecule has 7 heteroatoms. The second kappa shape index (κ2) is 5.18. The molecule has 0 fully saturated rings. The Bertz CT molecular complexity index is 413. The van der Waals surface area contributed by atoms with Crippen molar-refractivity contribution >= 4 is 17.6 Å². The first-order valence-electron chi connectivity index (χ1n) is 4.33. The fraction of sp³-hybridized carbons (Fsp3) is 0.333. The van der Waals surface area contributed by atoms with Gasteiger partial charge in [-0.15, -0.1) is 0 Å². The van der Waals surface area contributed by atoms with Gasteiger partial charge in [0.25, 0.3) is 6.43 Å². The van der Waals surface area contributed by atoms with Crippen LogP contribution in [-0.4, -0.2) is 16.1 Å². The number of carboxylic acid groups (broad SMARTS) is 1. The molecule has 1 rings (SSSR count). The zero-order chi connectivity index (χ0) is 12.3. The largest absolute Gasteiger partial charge is 0.481 e. The minimum atomic E-state index is -2.80.